The van der Waals surface area contributed by atoms with Crippen molar-refractivity contribution in [1.29, 1.82) is 0 Å². The number of amidine groups is 1. The Bertz CT molecular complexity index is 433. The number of amides is 1. The predicted molar refractivity (Wildman–Crippen MR) is 60.9 cm³/mol. The van der Waals surface area contributed by atoms with Crippen LogP contribution in [0.25, 0.3) is 0 Å². The molecule has 0 aliphatic carbocycles. The molecule has 0 aromatic carbocycles. The van der Waals surface area contributed by atoms with Crippen LogP contribution in [0.4, 0.5) is 0 Å². The van der Waals surface area contributed by atoms with Crippen molar-refractivity contribution in [2.45, 2.75) is 19.4 Å². The average molecular weight is 238 g/mol. The number of nitrogens with two attached hydrogens (primary N) is 1. The van der Waals surface area contributed by atoms with Crippen molar-refractivity contribution in [2.75, 3.05) is 0 Å². The summed E-state index contributed by atoms with van der Waals surface area (Å²) in [6.45, 7) is 1.77. The molecule has 7 nitrogen and oxygen atoms in total. The second-order valence-corrected chi connectivity index (χ2v) is 3.35. The molecule has 0 spiro atoms. The van der Waals surface area contributed by atoms with Gasteiger partial charge in [-0.15, -0.1) is 0 Å². The first-order valence-electron chi connectivity index (χ1n) is 5.01. The van der Waals surface area contributed by atoms with E-state index in [1.807, 2.05) is 0 Å². The van der Waals surface area contributed by atoms with Gasteiger partial charge in [0, 0.05) is 6.20 Å². The van der Waals surface area contributed by atoms with E-state index in [1.54, 1.807) is 6.92 Å². The third-order valence-corrected chi connectivity index (χ3v) is 2.23. The molecule has 1 heterocycles. The molecule has 1 aromatic heterocycles. The maximum Gasteiger partial charge on any atom is 0.255 e. The highest BCUT2D eigenvalue weighted by molar-refractivity contribution is 5.99. The van der Waals surface area contributed by atoms with Crippen LogP contribution in [0.3, 0.4) is 0 Å². The Balaban J connectivity index is 2.82. The van der Waals surface area contributed by atoms with Crippen LogP contribution in [-0.2, 0) is 0 Å². The zero-order valence-electron chi connectivity index (χ0n) is 9.29. The van der Waals surface area contributed by atoms with Crippen LogP contribution in [0, 0.1) is 0 Å². The number of hydrogen-bond acceptors (Lipinski definition) is 5. The van der Waals surface area contributed by atoms with E-state index in [1.165, 1.54) is 18.5 Å². The molecule has 5 N–H and O–H groups in total. The lowest BCUT2D eigenvalue weighted by molar-refractivity contribution is 0.0942. The highest BCUT2D eigenvalue weighted by atomic mass is 16.4. The molecular formula is C10H14N4O3. The van der Waals surface area contributed by atoms with E-state index >= 15 is 0 Å². The van der Waals surface area contributed by atoms with Gasteiger partial charge >= 0.3 is 0 Å². The zero-order valence-corrected chi connectivity index (χ0v) is 9.29. The maximum absolute atomic E-state index is 11.8. The summed E-state index contributed by atoms with van der Waals surface area (Å²) in [4.78, 5) is 15.4. The molecule has 0 radical (unpaired) electrons. The van der Waals surface area contributed by atoms with Crippen molar-refractivity contribution in [3.8, 4) is 5.75 Å². The molecule has 1 aromatic rings. The first kappa shape index (κ1) is 12.8. The standard InChI is InChI=1S/C10H14N4O3/c1-2-7(9(11)14-17)13-10(16)6-3-4-12-5-8(6)15/h3-5,7,15,17H,2H2,1H3,(H2,11,14)(H,13,16). The van der Waals surface area contributed by atoms with Crippen LogP contribution in [0.1, 0.15) is 23.7 Å². The molecule has 17 heavy (non-hydrogen) atoms. The number of carbonyl (C=O) groups is 1. The fourth-order valence-electron chi connectivity index (χ4n) is 1.27. The van der Waals surface area contributed by atoms with Gasteiger partial charge in [0.1, 0.15) is 5.75 Å². The summed E-state index contributed by atoms with van der Waals surface area (Å²) in [6.07, 6.45) is 3.02. The molecule has 0 saturated heterocycles. The van der Waals surface area contributed by atoms with Crippen molar-refractivity contribution >= 4 is 11.7 Å². The molecule has 1 unspecified atom stereocenters. The normalized spacial score (nSPS) is 13.1. The van der Waals surface area contributed by atoms with E-state index < -0.39 is 11.9 Å². The third kappa shape index (κ3) is 3.07. The number of nitrogens with one attached hydrogen (secondary N) is 1. The molecule has 0 fully saturated rings. The number of pyridine rings is 1. The van der Waals surface area contributed by atoms with Crippen molar-refractivity contribution < 1.29 is 15.1 Å². The van der Waals surface area contributed by atoms with Gasteiger partial charge in [0.25, 0.3) is 5.91 Å². The Kier molecular flexibility index (Phi) is 4.27. The highest BCUT2D eigenvalue weighted by Gasteiger charge is 2.17. The molecule has 1 atom stereocenters. The highest BCUT2D eigenvalue weighted by Crippen LogP contribution is 2.13. The minimum absolute atomic E-state index is 0.0872. The Morgan fingerprint density at radius 1 is 1.71 bits per heavy atom. The Morgan fingerprint density at radius 3 is 2.94 bits per heavy atom. The molecule has 1 amide bonds. The van der Waals surface area contributed by atoms with Crippen molar-refractivity contribution in [3.05, 3.63) is 24.0 Å². The summed E-state index contributed by atoms with van der Waals surface area (Å²) in [7, 11) is 0. The number of carbonyl (C=O) groups excluding carboxylic acids is 1. The smallest absolute Gasteiger partial charge is 0.255 e. The van der Waals surface area contributed by atoms with Crippen molar-refractivity contribution in [3.63, 3.8) is 0 Å². The van der Waals surface area contributed by atoms with Crippen LogP contribution in [0.15, 0.2) is 23.6 Å². The molecule has 0 aliphatic rings. The Morgan fingerprint density at radius 2 is 2.41 bits per heavy atom. The van der Waals surface area contributed by atoms with E-state index in [0.717, 1.165) is 0 Å². The number of hydrogen-bond donors (Lipinski definition) is 4. The number of aromatic hydroxyl groups is 1. The van der Waals surface area contributed by atoms with Crippen molar-refractivity contribution in [2.24, 2.45) is 10.9 Å². The first-order chi connectivity index (χ1) is 8.10. The fraction of sp³-hybridized carbons (Fsp3) is 0.300. The monoisotopic (exact) mass is 238 g/mol. The summed E-state index contributed by atoms with van der Waals surface area (Å²) in [5.74, 6) is -0.822. The van der Waals surface area contributed by atoms with Crippen LogP contribution < -0.4 is 11.1 Å². The van der Waals surface area contributed by atoms with Gasteiger partial charge in [0.05, 0.1) is 17.8 Å². The maximum atomic E-state index is 11.8. The number of nitrogens with zero attached hydrogens (tertiary/aromatic N) is 2. The van der Waals surface area contributed by atoms with E-state index in [4.69, 9.17) is 10.9 Å². The predicted octanol–water partition coefficient (Wildman–Crippen LogP) is 0.0420. The van der Waals surface area contributed by atoms with Crippen LogP contribution in [0.5, 0.6) is 5.75 Å². The SMILES string of the molecule is CCC(NC(=O)c1ccncc1O)/C(N)=N/O. The average Bonchev–Trinajstić information content (AvgIpc) is 2.35. The molecular weight excluding hydrogens is 224 g/mol. The van der Waals surface area contributed by atoms with Crippen LogP contribution >= 0.6 is 0 Å². The summed E-state index contributed by atoms with van der Waals surface area (Å²) in [5, 5.41) is 23.3. The minimum Gasteiger partial charge on any atom is -0.505 e. The molecule has 0 bridgehead atoms. The topological polar surface area (TPSA) is 121 Å². The lowest BCUT2D eigenvalue weighted by atomic mass is 10.1. The number of oxime groups is 1. The second-order valence-electron chi connectivity index (χ2n) is 3.35. The number of aromatic nitrogens is 1. The largest absolute Gasteiger partial charge is 0.505 e. The van der Waals surface area contributed by atoms with Crippen molar-refractivity contribution in [1.82, 2.24) is 10.3 Å². The Labute approximate surface area is 98.0 Å². The molecule has 0 saturated carbocycles. The van der Waals surface area contributed by atoms with Crippen LogP contribution in [0.2, 0.25) is 0 Å². The summed E-state index contributed by atoms with van der Waals surface area (Å²) < 4.78 is 0. The molecule has 1 rings (SSSR count). The lowest BCUT2D eigenvalue weighted by Gasteiger charge is -2.15. The van der Waals surface area contributed by atoms with Gasteiger partial charge in [-0.2, -0.15) is 0 Å². The van der Waals surface area contributed by atoms with Gasteiger partial charge in [0.15, 0.2) is 5.84 Å². The van der Waals surface area contributed by atoms with E-state index in [2.05, 4.69) is 15.5 Å². The molecule has 92 valence electrons. The minimum atomic E-state index is -0.583. The molecule has 0 aliphatic heterocycles. The van der Waals surface area contributed by atoms with Crippen LogP contribution in [-0.4, -0.2) is 33.1 Å². The Hall–Kier alpha value is -2.31. The van der Waals surface area contributed by atoms with E-state index in [-0.39, 0.29) is 17.1 Å². The summed E-state index contributed by atoms with van der Waals surface area (Å²) >= 11 is 0. The third-order valence-electron chi connectivity index (χ3n) is 2.23. The molecule has 7 heteroatoms. The summed E-state index contributed by atoms with van der Waals surface area (Å²) in [6, 6.07) is 0.795. The van der Waals surface area contributed by atoms with E-state index in [9.17, 15) is 9.90 Å². The second kappa shape index (κ2) is 5.69. The van der Waals surface area contributed by atoms with E-state index in [0.29, 0.717) is 6.42 Å². The summed E-state index contributed by atoms with van der Waals surface area (Å²) in [5.41, 5.74) is 5.49. The first-order valence-corrected chi connectivity index (χ1v) is 5.01. The van der Waals surface area contributed by atoms with Gasteiger partial charge in [-0.25, -0.2) is 0 Å². The van der Waals surface area contributed by atoms with Gasteiger partial charge in [0.2, 0.25) is 0 Å². The van der Waals surface area contributed by atoms with Gasteiger partial charge in [-0.05, 0) is 12.5 Å². The van der Waals surface area contributed by atoms with Gasteiger partial charge in [-0.3, -0.25) is 9.78 Å². The fourth-order valence-corrected chi connectivity index (χ4v) is 1.27. The quantitative estimate of drug-likeness (QED) is 0.255. The number of rotatable bonds is 4. The van der Waals surface area contributed by atoms with Gasteiger partial charge in [-0.1, -0.05) is 12.1 Å². The lowest BCUT2D eigenvalue weighted by Crippen LogP contribution is -2.44. The van der Waals surface area contributed by atoms with Gasteiger partial charge < -0.3 is 21.4 Å². The zero-order chi connectivity index (χ0) is 12.8.